The molecule has 2 bridgehead atoms. The molecule has 4 aliphatic rings. The Hall–Kier alpha value is -3.16. The average molecular weight is 545 g/mol. The number of piperidine rings is 1. The lowest BCUT2D eigenvalue weighted by molar-refractivity contribution is -0.171. The van der Waals surface area contributed by atoms with Crippen LogP contribution in [0.1, 0.15) is 68.6 Å². The first-order valence-electron chi connectivity index (χ1n) is 14.7. The lowest BCUT2D eigenvalue weighted by Crippen LogP contribution is -2.71. The number of aromatic hydroxyl groups is 1. The third-order valence-electron chi connectivity index (χ3n) is 10.0. The van der Waals surface area contributed by atoms with E-state index in [0.717, 1.165) is 37.1 Å². The molecule has 0 radical (unpaired) electrons. The van der Waals surface area contributed by atoms with Gasteiger partial charge in [0.1, 0.15) is 0 Å². The molecule has 3 fully saturated rings. The number of likely N-dealkylation sites (N-methyl/N-ethyl adjacent to an activating group) is 1. The molecule has 3 aliphatic carbocycles. The van der Waals surface area contributed by atoms with Gasteiger partial charge in [-0.1, -0.05) is 36.4 Å². The van der Waals surface area contributed by atoms with Crippen LogP contribution in [0.2, 0.25) is 0 Å². The van der Waals surface area contributed by atoms with Gasteiger partial charge in [0.15, 0.2) is 11.5 Å². The van der Waals surface area contributed by atoms with E-state index in [9.17, 15) is 19.8 Å². The normalized spacial score (nSPS) is 29.8. The number of carbonyl (C=O) groups excluding carboxylic acids is 2. The van der Waals surface area contributed by atoms with Crippen molar-refractivity contribution < 1.29 is 24.5 Å². The Morgan fingerprint density at radius 2 is 1.88 bits per heavy atom. The third kappa shape index (κ3) is 4.63. The summed E-state index contributed by atoms with van der Waals surface area (Å²) in [4.78, 5) is 29.5. The highest BCUT2D eigenvalue weighted by molar-refractivity contribution is 5.91. The fraction of sp³-hybridized carbons (Fsp3) is 0.515. The Morgan fingerprint density at radius 1 is 1.10 bits per heavy atom. The number of amides is 1. The van der Waals surface area contributed by atoms with Crippen molar-refractivity contribution in [3.8, 4) is 11.5 Å². The number of rotatable bonds is 6. The molecule has 7 nitrogen and oxygen atoms in total. The van der Waals surface area contributed by atoms with E-state index in [-0.39, 0.29) is 29.5 Å². The molecule has 2 saturated carbocycles. The van der Waals surface area contributed by atoms with Crippen LogP contribution in [0.4, 0.5) is 0 Å². The number of nitrogens with zero attached hydrogens (tertiary/aromatic N) is 2. The number of esters is 1. The second-order valence-electron chi connectivity index (χ2n) is 12.4. The number of phenolic OH excluding ortho intramolecular Hbond substituents is 1. The van der Waals surface area contributed by atoms with Gasteiger partial charge in [-0.15, -0.1) is 0 Å². The van der Waals surface area contributed by atoms with Gasteiger partial charge in [-0.05, 0) is 87.1 Å². The fourth-order valence-corrected chi connectivity index (χ4v) is 7.86. The zero-order valence-electron chi connectivity index (χ0n) is 23.5. The summed E-state index contributed by atoms with van der Waals surface area (Å²) in [7, 11) is 1.84. The van der Waals surface area contributed by atoms with Crippen molar-refractivity contribution in [1.29, 1.82) is 0 Å². The minimum atomic E-state index is -1.06. The first-order valence-corrected chi connectivity index (χ1v) is 14.7. The highest BCUT2D eigenvalue weighted by Gasteiger charge is 2.64. The SMILES string of the molecule is CC(=O)Oc1ccc2c(c1O)[C@]13CCN(CC4CC4)[C@H](CC2)C1(O)CCC(N(C)C(=O)/C=C/c1ccccc1)C3. The van der Waals surface area contributed by atoms with Crippen molar-refractivity contribution in [2.75, 3.05) is 20.1 Å². The van der Waals surface area contributed by atoms with Gasteiger partial charge in [-0.2, -0.15) is 0 Å². The van der Waals surface area contributed by atoms with Crippen molar-refractivity contribution in [2.45, 2.75) is 81.4 Å². The molecule has 212 valence electrons. The Kier molecular flexibility index (Phi) is 6.99. The molecule has 0 aromatic heterocycles. The predicted molar refractivity (Wildman–Crippen MR) is 153 cm³/mol. The predicted octanol–water partition coefficient (Wildman–Crippen LogP) is 4.44. The molecular formula is C33H40N2O5. The van der Waals surface area contributed by atoms with Crippen molar-refractivity contribution in [1.82, 2.24) is 9.80 Å². The average Bonchev–Trinajstić information content (AvgIpc) is 3.76. The van der Waals surface area contributed by atoms with Crippen molar-refractivity contribution in [2.24, 2.45) is 5.92 Å². The highest BCUT2D eigenvalue weighted by Crippen LogP contribution is 2.60. The molecule has 7 heteroatoms. The molecule has 6 rings (SSSR count). The lowest BCUT2D eigenvalue weighted by Gasteiger charge is -2.62. The van der Waals surface area contributed by atoms with Crippen LogP contribution >= 0.6 is 0 Å². The minimum absolute atomic E-state index is 0.0224. The summed E-state index contributed by atoms with van der Waals surface area (Å²) < 4.78 is 5.41. The van der Waals surface area contributed by atoms with E-state index in [0.29, 0.717) is 37.2 Å². The van der Waals surface area contributed by atoms with Crippen LogP contribution in [-0.4, -0.2) is 69.7 Å². The third-order valence-corrected chi connectivity index (χ3v) is 10.0. The van der Waals surface area contributed by atoms with E-state index in [1.54, 1.807) is 17.0 Å². The molecule has 0 spiro atoms. The van der Waals surface area contributed by atoms with Gasteiger partial charge >= 0.3 is 5.97 Å². The van der Waals surface area contributed by atoms with E-state index >= 15 is 0 Å². The van der Waals surface area contributed by atoms with E-state index < -0.39 is 17.0 Å². The van der Waals surface area contributed by atoms with Gasteiger partial charge in [0.05, 0.1) is 5.60 Å². The van der Waals surface area contributed by atoms with E-state index in [1.165, 1.54) is 19.8 Å². The van der Waals surface area contributed by atoms with Gasteiger partial charge in [0, 0.05) is 49.7 Å². The Labute approximate surface area is 236 Å². The van der Waals surface area contributed by atoms with E-state index in [2.05, 4.69) is 4.90 Å². The summed E-state index contributed by atoms with van der Waals surface area (Å²) in [5.41, 5.74) is 0.865. The summed E-state index contributed by atoms with van der Waals surface area (Å²) in [6.07, 6.45) is 9.95. The molecular weight excluding hydrogens is 504 g/mol. The first-order chi connectivity index (χ1) is 19.2. The van der Waals surface area contributed by atoms with Crippen LogP contribution in [0, 0.1) is 5.92 Å². The lowest BCUT2D eigenvalue weighted by atomic mass is 9.52. The topological polar surface area (TPSA) is 90.3 Å². The summed E-state index contributed by atoms with van der Waals surface area (Å²) in [6, 6.07) is 13.3. The monoisotopic (exact) mass is 544 g/mol. The Morgan fingerprint density at radius 3 is 2.60 bits per heavy atom. The fourth-order valence-electron chi connectivity index (χ4n) is 7.86. The van der Waals surface area contributed by atoms with Crippen LogP contribution in [0.3, 0.4) is 0 Å². The van der Waals surface area contributed by atoms with Gasteiger partial charge in [0.2, 0.25) is 5.91 Å². The van der Waals surface area contributed by atoms with Gasteiger partial charge in [0.25, 0.3) is 0 Å². The van der Waals surface area contributed by atoms with Crippen LogP contribution in [0.5, 0.6) is 11.5 Å². The van der Waals surface area contributed by atoms with Gasteiger partial charge in [-0.3, -0.25) is 14.5 Å². The van der Waals surface area contributed by atoms with Gasteiger partial charge in [-0.25, -0.2) is 0 Å². The van der Waals surface area contributed by atoms with Crippen molar-refractivity contribution in [3.05, 3.63) is 65.2 Å². The zero-order valence-corrected chi connectivity index (χ0v) is 23.5. The molecule has 40 heavy (non-hydrogen) atoms. The molecule has 1 amide bonds. The molecule has 2 aromatic rings. The van der Waals surface area contributed by atoms with Crippen LogP contribution in [0.25, 0.3) is 6.08 Å². The number of hydrogen-bond acceptors (Lipinski definition) is 6. The highest BCUT2D eigenvalue weighted by atomic mass is 16.5. The quantitative estimate of drug-likeness (QED) is 0.318. The zero-order chi connectivity index (χ0) is 28.1. The molecule has 4 atom stereocenters. The summed E-state index contributed by atoms with van der Waals surface area (Å²) in [5, 5.41) is 24.4. The van der Waals surface area contributed by atoms with Crippen molar-refractivity contribution in [3.63, 3.8) is 0 Å². The smallest absolute Gasteiger partial charge is 0.308 e. The number of hydrogen-bond donors (Lipinski definition) is 2. The van der Waals surface area contributed by atoms with Gasteiger partial charge < -0.3 is 19.8 Å². The molecule has 2 N–H and O–H groups in total. The first kappa shape index (κ1) is 27.0. The molecule has 2 aromatic carbocycles. The summed E-state index contributed by atoms with van der Waals surface area (Å²) in [6.45, 7) is 3.17. The Bertz CT molecular complexity index is 1320. The number of benzene rings is 2. The maximum atomic E-state index is 13.3. The van der Waals surface area contributed by atoms with Crippen molar-refractivity contribution >= 4 is 18.0 Å². The van der Waals surface area contributed by atoms with Crippen LogP contribution in [0.15, 0.2) is 48.5 Å². The summed E-state index contributed by atoms with van der Waals surface area (Å²) >= 11 is 0. The molecule has 1 heterocycles. The van der Waals surface area contributed by atoms with Crippen LogP contribution < -0.4 is 4.74 Å². The molecule has 2 unspecified atom stereocenters. The number of likely N-dealkylation sites (tertiary alicyclic amines) is 1. The second-order valence-corrected chi connectivity index (χ2v) is 12.4. The molecule has 1 aliphatic heterocycles. The number of fused-ring (bicyclic) bond motifs is 1. The Balaban J connectivity index is 1.38. The maximum absolute atomic E-state index is 13.3. The number of ether oxygens (including phenoxy) is 1. The van der Waals surface area contributed by atoms with E-state index in [4.69, 9.17) is 4.74 Å². The number of phenols is 1. The molecule has 1 saturated heterocycles. The number of aliphatic hydroxyl groups is 1. The minimum Gasteiger partial charge on any atom is -0.504 e. The number of aryl methyl sites for hydroxylation is 1. The van der Waals surface area contributed by atoms with Crippen LogP contribution in [-0.2, 0) is 21.4 Å². The van der Waals surface area contributed by atoms with E-state index in [1.807, 2.05) is 49.5 Å². The summed E-state index contributed by atoms with van der Waals surface area (Å²) in [5.74, 6) is 0.235. The standard InChI is InChI=1S/C33H40N2O5/c1-22(36)40-27-13-11-25-12-14-28-33(39)17-16-26(34(2)29(37)15-10-23-6-4-3-5-7-23)20-32(33,30(25)31(27)38)18-19-35(28)21-24-8-9-24/h3-7,10-11,13,15,24,26,28,38-39H,8-9,12,14,16-21H2,1-2H3/b15-10+/t26?,28-,32-,33?/m1/s1. The number of carbonyl (C=O) groups is 2. The maximum Gasteiger partial charge on any atom is 0.308 e. The largest absolute Gasteiger partial charge is 0.504 e. The second kappa shape index (κ2) is 10.3.